The average molecular weight is 334 g/mol. The van der Waals surface area contributed by atoms with Crippen LogP contribution in [0.25, 0.3) is 5.65 Å². The van der Waals surface area contributed by atoms with Crippen LogP contribution in [0.15, 0.2) is 18.3 Å². The van der Waals surface area contributed by atoms with Gasteiger partial charge in [0.15, 0.2) is 0 Å². The summed E-state index contributed by atoms with van der Waals surface area (Å²) in [6.45, 7) is 6.90. The topological polar surface area (TPSA) is 58.9 Å². The third-order valence-corrected chi connectivity index (χ3v) is 4.24. The van der Waals surface area contributed by atoms with Crippen LogP contribution in [0.1, 0.15) is 29.5 Å². The third-order valence-electron chi connectivity index (χ3n) is 4.24. The van der Waals surface area contributed by atoms with Gasteiger partial charge in [-0.05, 0) is 31.5 Å². The van der Waals surface area contributed by atoms with E-state index in [9.17, 15) is 9.18 Å². The highest BCUT2D eigenvalue weighted by Gasteiger charge is 2.18. The van der Waals surface area contributed by atoms with Gasteiger partial charge in [-0.1, -0.05) is 6.92 Å². The van der Waals surface area contributed by atoms with Crippen LogP contribution in [-0.2, 0) is 11.2 Å². The van der Waals surface area contributed by atoms with Crippen molar-refractivity contribution >= 4 is 11.6 Å². The Morgan fingerprint density at radius 3 is 2.92 bits per heavy atom. The lowest BCUT2D eigenvalue weighted by Crippen LogP contribution is -2.38. The number of ether oxygens (including phenoxy) is 1. The Morgan fingerprint density at radius 2 is 2.17 bits per heavy atom. The molecule has 0 atom stereocenters. The second-order valence-corrected chi connectivity index (χ2v) is 5.90. The summed E-state index contributed by atoms with van der Waals surface area (Å²) in [6.07, 6.45) is 2.81. The van der Waals surface area contributed by atoms with E-state index in [1.165, 1.54) is 16.7 Å². The molecule has 0 aliphatic carbocycles. The van der Waals surface area contributed by atoms with E-state index in [1.807, 2.05) is 6.92 Å². The maximum absolute atomic E-state index is 13.5. The minimum Gasteiger partial charge on any atom is -0.379 e. The smallest absolute Gasteiger partial charge is 0.270 e. The normalized spacial score (nSPS) is 15.8. The maximum atomic E-state index is 13.5. The molecule has 24 heavy (non-hydrogen) atoms. The molecule has 0 spiro atoms. The molecule has 3 rings (SSSR count). The zero-order chi connectivity index (χ0) is 16.9. The molecular formula is C17H23FN4O2. The van der Waals surface area contributed by atoms with E-state index in [2.05, 4.69) is 15.2 Å². The summed E-state index contributed by atoms with van der Waals surface area (Å²) >= 11 is 0. The zero-order valence-corrected chi connectivity index (χ0v) is 13.9. The van der Waals surface area contributed by atoms with Gasteiger partial charge in [-0.3, -0.25) is 14.1 Å². The van der Waals surface area contributed by atoms with Crippen LogP contribution < -0.4 is 5.32 Å². The van der Waals surface area contributed by atoms with E-state index in [-0.39, 0.29) is 11.7 Å². The molecule has 7 heteroatoms. The van der Waals surface area contributed by atoms with Crippen LogP contribution in [0.5, 0.6) is 0 Å². The fourth-order valence-corrected chi connectivity index (χ4v) is 2.97. The van der Waals surface area contributed by atoms with Gasteiger partial charge < -0.3 is 10.1 Å². The predicted molar refractivity (Wildman–Crippen MR) is 88.7 cm³/mol. The fourth-order valence-electron chi connectivity index (χ4n) is 2.97. The number of nitrogens with one attached hydrogen (secondary N) is 1. The van der Waals surface area contributed by atoms with Crippen LogP contribution in [0.2, 0.25) is 0 Å². The highest BCUT2D eigenvalue weighted by Crippen LogP contribution is 2.14. The van der Waals surface area contributed by atoms with Gasteiger partial charge in [0, 0.05) is 25.8 Å². The Kier molecular flexibility index (Phi) is 5.42. The first-order valence-corrected chi connectivity index (χ1v) is 8.44. The Balaban J connectivity index is 1.61. The SMILES string of the molecule is CCc1nc2ccc(F)cn2c1C(=O)NCCCN1CCOCC1. The predicted octanol–water partition coefficient (Wildman–Crippen LogP) is 1.49. The minimum atomic E-state index is -0.385. The molecule has 0 radical (unpaired) electrons. The van der Waals surface area contributed by atoms with Gasteiger partial charge in [0.1, 0.15) is 17.2 Å². The molecule has 1 aliphatic heterocycles. The highest BCUT2D eigenvalue weighted by molar-refractivity contribution is 5.94. The van der Waals surface area contributed by atoms with Gasteiger partial charge in [-0.2, -0.15) is 0 Å². The first-order chi connectivity index (χ1) is 11.7. The largest absolute Gasteiger partial charge is 0.379 e. The number of fused-ring (bicyclic) bond motifs is 1. The summed E-state index contributed by atoms with van der Waals surface area (Å²) in [6, 6.07) is 2.94. The molecule has 1 N–H and O–H groups in total. The minimum absolute atomic E-state index is 0.202. The van der Waals surface area contributed by atoms with Gasteiger partial charge in [0.25, 0.3) is 5.91 Å². The van der Waals surface area contributed by atoms with Crippen molar-refractivity contribution in [2.45, 2.75) is 19.8 Å². The van der Waals surface area contributed by atoms with Crippen molar-refractivity contribution in [2.75, 3.05) is 39.4 Å². The number of rotatable bonds is 6. The first kappa shape index (κ1) is 16.9. The van der Waals surface area contributed by atoms with E-state index < -0.39 is 0 Å². The van der Waals surface area contributed by atoms with Crippen LogP contribution in [-0.4, -0.2) is 59.6 Å². The Bertz CT molecular complexity index is 710. The summed E-state index contributed by atoms with van der Waals surface area (Å²) in [5, 5.41) is 2.93. The molecule has 0 aromatic carbocycles. The number of carbonyl (C=O) groups excluding carboxylic acids is 1. The van der Waals surface area contributed by atoms with E-state index in [0.29, 0.717) is 30.0 Å². The molecule has 6 nitrogen and oxygen atoms in total. The number of aryl methyl sites for hydroxylation is 1. The lowest BCUT2D eigenvalue weighted by molar-refractivity contribution is 0.0374. The number of imidazole rings is 1. The van der Waals surface area contributed by atoms with Gasteiger partial charge in [-0.25, -0.2) is 9.37 Å². The summed E-state index contributed by atoms with van der Waals surface area (Å²) in [7, 11) is 0. The number of halogens is 1. The van der Waals surface area contributed by atoms with Crippen molar-refractivity contribution in [2.24, 2.45) is 0 Å². The number of morpholine rings is 1. The fraction of sp³-hybridized carbons (Fsp3) is 0.529. The molecule has 1 amide bonds. The number of aromatic nitrogens is 2. The van der Waals surface area contributed by atoms with Crippen molar-refractivity contribution < 1.29 is 13.9 Å². The standard InChI is InChI=1S/C17H23FN4O2/c1-2-14-16(22-12-13(18)4-5-15(22)20-14)17(23)19-6-3-7-21-8-10-24-11-9-21/h4-5,12H,2-3,6-11H2,1H3,(H,19,23). The molecule has 1 fully saturated rings. The summed E-state index contributed by atoms with van der Waals surface area (Å²) < 4.78 is 20.4. The molecule has 1 saturated heterocycles. The van der Waals surface area contributed by atoms with Crippen LogP contribution >= 0.6 is 0 Å². The molecule has 0 unspecified atom stereocenters. The number of nitrogens with zero attached hydrogens (tertiary/aromatic N) is 3. The van der Waals surface area contributed by atoms with Crippen LogP contribution in [0.3, 0.4) is 0 Å². The van der Waals surface area contributed by atoms with Gasteiger partial charge >= 0.3 is 0 Å². The number of hydrogen-bond acceptors (Lipinski definition) is 4. The second kappa shape index (κ2) is 7.72. The Hall–Kier alpha value is -1.99. The van der Waals surface area contributed by atoms with Crippen molar-refractivity contribution in [3.05, 3.63) is 35.5 Å². The molecular weight excluding hydrogens is 311 g/mol. The zero-order valence-electron chi connectivity index (χ0n) is 13.9. The van der Waals surface area contributed by atoms with Crippen molar-refractivity contribution in [1.29, 1.82) is 0 Å². The van der Waals surface area contributed by atoms with E-state index in [1.54, 1.807) is 6.07 Å². The average Bonchev–Trinajstić information content (AvgIpc) is 2.97. The van der Waals surface area contributed by atoms with E-state index in [0.717, 1.165) is 39.3 Å². The molecule has 1 aliphatic rings. The third kappa shape index (κ3) is 3.73. The Morgan fingerprint density at radius 1 is 1.38 bits per heavy atom. The quantitative estimate of drug-likeness (QED) is 0.813. The summed E-state index contributed by atoms with van der Waals surface area (Å²) in [4.78, 5) is 19.3. The lowest BCUT2D eigenvalue weighted by atomic mass is 10.2. The number of amides is 1. The summed E-state index contributed by atoms with van der Waals surface area (Å²) in [5.41, 5.74) is 1.70. The second-order valence-electron chi connectivity index (χ2n) is 5.90. The first-order valence-electron chi connectivity index (χ1n) is 8.44. The maximum Gasteiger partial charge on any atom is 0.270 e. The van der Waals surface area contributed by atoms with Crippen molar-refractivity contribution in [1.82, 2.24) is 19.6 Å². The molecule has 0 saturated carbocycles. The van der Waals surface area contributed by atoms with Crippen molar-refractivity contribution in [3.63, 3.8) is 0 Å². The molecule has 3 heterocycles. The molecule has 2 aromatic heterocycles. The van der Waals surface area contributed by atoms with E-state index in [4.69, 9.17) is 4.74 Å². The van der Waals surface area contributed by atoms with Gasteiger partial charge in [0.05, 0.1) is 18.9 Å². The number of pyridine rings is 1. The molecule has 130 valence electrons. The molecule has 2 aromatic rings. The van der Waals surface area contributed by atoms with Crippen LogP contribution in [0.4, 0.5) is 4.39 Å². The summed E-state index contributed by atoms with van der Waals surface area (Å²) in [5.74, 6) is -0.587. The van der Waals surface area contributed by atoms with Gasteiger partial charge in [-0.15, -0.1) is 0 Å². The van der Waals surface area contributed by atoms with Crippen LogP contribution in [0, 0.1) is 5.82 Å². The number of hydrogen-bond donors (Lipinski definition) is 1. The lowest BCUT2D eigenvalue weighted by Gasteiger charge is -2.26. The molecule has 0 bridgehead atoms. The number of carbonyl (C=O) groups is 1. The van der Waals surface area contributed by atoms with E-state index >= 15 is 0 Å². The monoisotopic (exact) mass is 334 g/mol. The Labute approximate surface area is 140 Å². The van der Waals surface area contributed by atoms with Gasteiger partial charge in [0.2, 0.25) is 0 Å². The highest BCUT2D eigenvalue weighted by atomic mass is 19.1. The van der Waals surface area contributed by atoms with Crippen molar-refractivity contribution in [3.8, 4) is 0 Å².